The van der Waals surface area contributed by atoms with E-state index < -0.39 is 16.0 Å². The molecule has 0 amide bonds. The number of benzene rings is 1. The van der Waals surface area contributed by atoms with E-state index in [0.29, 0.717) is 17.9 Å². The second kappa shape index (κ2) is 6.44. The maximum Gasteiger partial charge on any atom is 0.508 e. The Kier molecular flexibility index (Phi) is 4.84. The largest absolute Gasteiger partial charge is 0.508 e. The number of ether oxygens (including phenoxy) is 2. The van der Waals surface area contributed by atoms with Gasteiger partial charge in [0.25, 0.3) is 0 Å². The van der Waals surface area contributed by atoms with Gasteiger partial charge in [0.15, 0.2) is 9.84 Å². The predicted molar refractivity (Wildman–Crippen MR) is 77.1 cm³/mol. The lowest BCUT2D eigenvalue weighted by Gasteiger charge is -2.29. The topological polar surface area (TPSA) is 81.7 Å². The third-order valence-corrected chi connectivity index (χ3v) is 4.65. The summed E-state index contributed by atoms with van der Waals surface area (Å²) in [5.41, 5.74) is 1.02. The molecular weight excluding hydrogens is 294 g/mol. The van der Waals surface area contributed by atoms with Crippen LogP contribution in [0, 0.1) is 0 Å². The minimum Gasteiger partial charge on any atom is -0.438 e. The molecule has 0 aliphatic carbocycles. The fraction of sp³-hybridized carbons (Fsp3) is 0.500. The summed E-state index contributed by atoms with van der Waals surface area (Å²) in [7, 11) is -1.90. The molecule has 2 atom stereocenters. The monoisotopic (exact) mass is 313 g/mol. The Morgan fingerprint density at radius 3 is 2.48 bits per heavy atom. The number of rotatable bonds is 3. The zero-order valence-electron chi connectivity index (χ0n) is 12.0. The summed E-state index contributed by atoms with van der Waals surface area (Å²) in [6, 6.07) is 6.83. The van der Waals surface area contributed by atoms with Gasteiger partial charge >= 0.3 is 6.16 Å². The van der Waals surface area contributed by atoms with Crippen molar-refractivity contribution in [3.63, 3.8) is 0 Å². The lowest BCUT2D eigenvalue weighted by atomic mass is 9.90. The number of hydrogen-bond acceptors (Lipinski definition) is 6. The zero-order chi connectivity index (χ0) is 15.5. The van der Waals surface area contributed by atoms with Crippen molar-refractivity contribution in [1.82, 2.24) is 5.32 Å². The van der Waals surface area contributed by atoms with E-state index in [-0.39, 0.29) is 12.0 Å². The molecule has 6 nitrogen and oxygen atoms in total. The molecule has 0 saturated carbocycles. The summed E-state index contributed by atoms with van der Waals surface area (Å²) in [6.07, 6.45) is 0.936. The molecule has 0 bridgehead atoms. The van der Waals surface area contributed by atoms with Gasteiger partial charge in [-0.2, -0.15) is 0 Å². The average Bonchev–Trinajstić information content (AvgIpc) is 2.46. The van der Waals surface area contributed by atoms with E-state index in [0.717, 1.165) is 12.1 Å². The van der Waals surface area contributed by atoms with Gasteiger partial charge < -0.3 is 14.8 Å². The van der Waals surface area contributed by atoms with Crippen LogP contribution >= 0.6 is 0 Å². The van der Waals surface area contributed by atoms with Crippen molar-refractivity contribution in [1.29, 1.82) is 0 Å². The molecule has 1 aromatic rings. The number of piperidine rings is 1. The van der Waals surface area contributed by atoms with Gasteiger partial charge in [-0.25, -0.2) is 13.2 Å². The first-order valence-corrected chi connectivity index (χ1v) is 8.54. The maximum absolute atomic E-state index is 11.4. The molecule has 116 valence electrons. The molecule has 1 aromatic carbocycles. The number of nitrogens with one attached hydrogen (secondary N) is 1. The summed E-state index contributed by atoms with van der Waals surface area (Å²) in [6.45, 7) is 1.35. The predicted octanol–water partition coefficient (Wildman–Crippen LogP) is 1.32. The van der Waals surface area contributed by atoms with Gasteiger partial charge in [-0.3, -0.25) is 0 Å². The molecule has 1 saturated heterocycles. The van der Waals surface area contributed by atoms with Crippen LogP contribution in [-0.2, 0) is 19.3 Å². The summed E-state index contributed by atoms with van der Waals surface area (Å²) in [5.74, 6) is 0.169. The SMILES string of the molecule is COC(=O)OC1CNCC(c2ccc(S(C)(=O)=O)cc2)C1. The first-order chi connectivity index (χ1) is 9.90. The highest BCUT2D eigenvalue weighted by molar-refractivity contribution is 7.90. The van der Waals surface area contributed by atoms with Crippen LogP contribution in [0.4, 0.5) is 4.79 Å². The number of hydrogen-bond donors (Lipinski definition) is 1. The molecule has 1 fully saturated rings. The van der Waals surface area contributed by atoms with E-state index in [2.05, 4.69) is 10.1 Å². The van der Waals surface area contributed by atoms with Gasteiger partial charge in [-0.1, -0.05) is 12.1 Å². The molecule has 7 heteroatoms. The highest BCUT2D eigenvalue weighted by Gasteiger charge is 2.26. The summed E-state index contributed by atoms with van der Waals surface area (Å²) in [5, 5.41) is 3.21. The molecule has 0 spiro atoms. The molecule has 2 rings (SSSR count). The van der Waals surface area contributed by atoms with E-state index in [1.54, 1.807) is 12.1 Å². The standard InChI is InChI=1S/C14H19NO5S/c1-19-14(16)20-12-7-11(8-15-9-12)10-3-5-13(6-4-10)21(2,17)18/h3-6,11-12,15H,7-9H2,1-2H3. The Hall–Kier alpha value is -1.60. The van der Waals surface area contributed by atoms with E-state index in [4.69, 9.17) is 4.74 Å². The van der Waals surface area contributed by atoms with Crippen LogP contribution in [0.5, 0.6) is 0 Å². The summed E-state index contributed by atoms with van der Waals surface area (Å²) < 4.78 is 32.5. The second-order valence-corrected chi connectivity index (χ2v) is 7.14. The van der Waals surface area contributed by atoms with Crippen molar-refractivity contribution in [3.8, 4) is 0 Å². The fourth-order valence-corrected chi connectivity index (χ4v) is 3.05. The lowest BCUT2D eigenvalue weighted by molar-refractivity contribution is 0.0250. The Balaban J connectivity index is 2.06. The van der Waals surface area contributed by atoms with Crippen LogP contribution < -0.4 is 5.32 Å². The zero-order valence-corrected chi connectivity index (χ0v) is 12.9. The minimum absolute atomic E-state index is 0.169. The summed E-state index contributed by atoms with van der Waals surface area (Å²) in [4.78, 5) is 11.4. The molecule has 21 heavy (non-hydrogen) atoms. The van der Waals surface area contributed by atoms with Gasteiger partial charge in [-0.05, 0) is 30.0 Å². The van der Waals surface area contributed by atoms with Crippen LogP contribution in [0.2, 0.25) is 0 Å². The Morgan fingerprint density at radius 1 is 1.24 bits per heavy atom. The molecular formula is C14H19NO5S. The van der Waals surface area contributed by atoms with E-state index in [1.165, 1.54) is 13.4 Å². The molecule has 0 radical (unpaired) electrons. The first kappa shape index (κ1) is 15.8. The van der Waals surface area contributed by atoms with Gasteiger partial charge in [0, 0.05) is 19.3 Å². The number of methoxy groups -OCH3 is 1. The van der Waals surface area contributed by atoms with Crippen molar-refractivity contribution in [2.24, 2.45) is 0 Å². The van der Waals surface area contributed by atoms with E-state index in [1.807, 2.05) is 12.1 Å². The fourth-order valence-electron chi connectivity index (χ4n) is 2.42. The van der Waals surface area contributed by atoms with Crippen LogP contribution in [0.15, 0.2) is 29.2 Å². The van der Waals surface area contributed by atoms with Crippen molar-refractivity contribution in [2.45, 2.75) is 23.3 Å². The highest BCUT2D eigenvalue weighted by Crippen LogP contribution is 2.26. The van der Waals surface area contributed by atoms with Crippen LogP contribution in [-0.4, -0.2) is 47.1 Å². The minimum atomic E-state index is -3.18. The Bertz CT molecular complexity index is 596. The van der Waals surface area contributed by atoms with Gasteiger partial charge in [0.05, 0.1) is 12.0 Å². The quantitative estimate of drug-likeness (QED) is 0.848. The normalized spacial score (nSPS) is 22.6. The highest BCUT2D eigenvalue weighted by atomic mass is 32.2. The number of carbonyl (C=O) groups excluding carboxylic acids is 1. The first-order valence-electron chi connectivity index (χ1n) is 6.65. The van der Waals surface area contributed by atoms with Crippen LogP contribution in [0.25, 0.3) is 0 Å². The Morgan fingerprint density at radius 2 is 1.90 bits per heavy atom. The number of sulfone groups is 1. The van der Waals surface area contributed by atoms with Crippen molar-refractivity contribution >= 4 is 16.0 Å². The average molecular weight is 313 g/mol. The molecule has 1 N–H and O–H groups in total. The maximum atomic E-state index is 11.4. The smallest absolute Gasteiger partial charge is 0.438 e. The van der Waals surface area contributed by atoms with E-state index in [9.17, 15) is 13.2 Å². The van der Waals surface area contributed by atoms with Crippen molar-refractivity contribution in [3.05, 3.63) is 29.8 Å². The molecule has 2 unspecified atom stereocenters. The number of carbonyl (C=O) groups is 1. The molecule has 0 aromatic heterocycles. The second-order valence-electron chi connectivity index (χ2n) is 5.13. The van der Waals surface area contributed by atoms with Gasteiger partial charge in [0.1, 0.15) is 6.10 Å². The third kappa shape index (κ3) is 4.18. The van der Waals surface area contributed by atoms with Gasteiger partial charge in [-0.15, -0.1) is 0 Å². The van der Waals surface area contributed by atoms with Crippen molar-refractivity contribution in [2.75, 3.05) is 26.5 Å². The van der Waals surface area contributed by atoms with Gasteiger partial charge in [0.2, 0.25) is 0 Å². The molecule has 1 aliphatic rings. The molecule has 1 aliphatic heterocycles. The summed E-state index contributed by atoms with van der Waals surface area (Å²) >= 11 is 0. The van der Waals surface area contributed by atoms with E-state index >= 15 is 0 Å². The van der Waals surface area contributed by atoms with Crippen LogP contribution in [0.1, 0.15) is 17.9 Å². The lowest BCUT2D eigenvalue weighted by Crippen LogP contribution is -2.40. The van der Waals surface area contributed by atoms with Crippen molar-refractivity contribution < 1.29 is 22.7 Å². The third-order valence-electron chi connectivity index (χ3n) is 3.52. The molecule has 1 heterocycles. The van der Waals surface area contributed by atoms with Crippen LogP contribution in [0.3, 0.4) is 0 Å². The Labute approximate surface area is 124 Å².